The minimum Gasteiger partial charge on any atom is -0.478 e. The predicted molar refractivity (Wildman–Crippen MR) is 90.9 cm³/mol. The van der Waals surface area contributed by atoms with Gasteiger partial charge in [-0.15, -0.1) is 0 Å². The van der Waals surface area contributed by atoms with Crippen LogP contribution >= 0.6 is 11.6 Å². The summed E-state index contributed by atoms with van der Waals surface area (Å²) in [5.41, 5.74) is -0.382. The highest BCUT2D eigenvalue weighted by atomic mass is 35.5. The standard InChI is InChI=1S/C6H4FNO2.C6H6FNO.C3H5ClO2.CH4/c7-5-1-4(6(9)10)2-8-3-5;7-6-1-5(4-9)2-8-3-6;1-2-6-3(4)5;/h1-3H,(H,9,10);1-3,9H,4H2;2H2,1H3;1H4. The van der Waals surface area contributed by atoms with Gasteiger partial charge in [-0.05, 0) is 24.6 Å². The normalized spacial score (nSPS) is 8.65. The Labute approximate surface area is 154 Å². The van der Waals surface area contributed by atoms with Gasteiger partial charge >= 0.3 is 11.4 Å². The third-order valence-electron chi connectivity index (χ3n) is 2.15. The molecule has 0 aliphatic heterocycles. The van der Waals surface area contributed by atoms with Gasteiger partial charge in [0.05, 0.1) is 31.2 Å². The molecule has 7 nitrogen and oxygen atoms in total. The molecule has 2 aromatic rings. The van der Waals surface area contributed by atoms with E-state index in [1.165, 1.54) is 12.3 Å². The lowest BCUT2D eigenvalue weighted by atomic mass is 10.3. The summed E-state index contributed by atoms with van der Waals surface area (Å²) < 4.78 is 28.6. The smallest absolute Gasteiger partial charge is 0.403 e. The second-order valence-corrected chi connectivity index (χ2v) is 4.35. The van der Waals surface area contributed by atoms with Crippen LogP contribution in [0.3, 0.4) is 0 Å². The van der Waals surface area contributed by atoms with E-state index >= 15 is 0 Å². The maximum absolute atomic E-state index is 12.2. The van der Waals surface area contributed by atoms with E-state index in [0.717, 1.165) is 24.7 Å². The van der Waals surface area contributed by atoms with Gasteiger partial charge in [0.2, 0.25) is 0 Å². The first-order chi connectivity index (χ1) is 11.8. The number of aromatic nitrogens is 2. The number of ether oxygens (including phenoxy) is 1. The number of carboxylic acid groups (broad SMARTS) is 1. The third kappa shape index (κ3) is 12.7. The summed E-state index contributed by atoms with van der Waals surface area (Å²) in [7, 11) is 0. The molecule has 26 heavy (non-hydrogen) atoms. The highest BCUT2D eigenvalue weighted by Crippen LogP contribution is 1.99. The van der Waals surface area contributed by atoms with Crippen LogP contribution in [-0.4, -0.2) is 38.2 Å². The lowest BCUT2D eigenvalue weighted by Crippen LogP contribution is -1.97. The average molecular weight is 393 g/mol. The average Bonchev–Trinajstić information content (AvgIpc) is 2.56. The van der Waals surface area contributed by atoms with Gasteiger partial charge in [0.25, 0.3) is 0 Å². The zero-order valence-electron chi connectivity index (χ0n) is 13.0. The quantitative estimate of drug-likeness (QED) is 0.767. The second kappa shape index (κ2) is 14.7. The number of aliphatic hydroxyl groups excluding tert-OH is 1. The van der Waals surface area contributed by atoms with Crippen molar-refractivity contribution >= 4 is 23.0 Å². The molecule has 2 aromatic heterocycles. The van der Waals surface area contributed by atoms with E-state index in [1.54, 1.807) is 6.92 Å². The van der Waals surface area contributed by atoms with Gasteiger partial charge in [-0.2, -0.15) is 0 Å². The summed E-state index contributed by atoms with van der Waals surface area (Å²) >= 11 is 4.72. The molecule has 144 valence electrons. The van der Waals surface area contributed by atoms with Crippen molar-refractivity contribution in [1.29, 1.82) is 0 Å². The first-order valence-corrected chi connectivity index (χ1v) is 7.04. The van der Waals surface area contributed by atoms with Gasteiger partial charge in [0.1, 0.15) is 11.6 Å². The van der Waals surface area contributed by atoms with Gasteiger partial charge in [-0.3, -0.25) is 9.97 Å². The molecule has 10 heteroatoms. The van der Waals surface area contributed by atoms with E-state index in [-0.39, 0.29) is 19.6 Å². The van der Waals surface area contributed by atoms with Crippen LogP contribution in [0.4, 0.5) is 13.6 Å². The molecular formula is C16H19ClF2N2O5. The number of hydrogen-bond acceptors (Lipinski definition) is 6. The van der Waals surface area contributed by atoms with E-state index in [0.29, 0.717) is 12.2 Å². The van der Waals surface area contributed by atoms with Crippen molar-refractivity contribution in [3.8, 4) is 0 Å². The number of rotatable bonds is 3. The van der Waals surface area contributed by atoms with Crippen molar-refractivity contribution in [2.45, 2.75) is 21.0 Å². The number of carbonyl (C=O) groups is 2. The van der Waals surface area contributed by atoms with Crippen molar-refractivity contribution in [2.24, 2.45) is 0 Å². The summed E-state index contributed by atoms with van der Waals surface area (Å²) in [5.74, 6) is -2.23. The van der Waals surface area contributed by atoms with Crippen LogP contribution in [0.1, 0.15) is 30.3 Å². The molecule has 2 heterocycles. The molecule has 0 saturated heterocycles. The number of nitrogens with zero attached hydrogens (tertiary/aromatic N) is 2. The molecule has 2 rings (SSSR count). The maximum atomic E-state index is 12.2. The molecule has 0 aliphatic carbocycles. The highest BCUT2D eigenvalue weighted by Gasteiger charge is 2.02. The van der Waals surface area contributed by atoms with Crippen molar-refractivity contribution in [3.63, 3.8) is 0 Å². The fourth-order valence-electron chi connectivity index (χ4n) is 1.18. The van der Waals surface area contributed by atoms with Crippen LogP contribution < -0.4 is 0 Å². The Morgan fingerprint density at radius 1 is 1.12 bits per heavy atom. The zero-order chi connectivity index (χ0) is 19.2. The molecule has 0 unspecified atom stereocenters. The number of carbonyl (C=O) groups excluding carboxylic acids is 1. The molecular weight excluding hydrogens is 374 g/mol. The molecule has 0 aliphatic rings. The summed E-state index contributed by atoms with van der Waals surface area (Å²) in [4.78, 5) is 26.6. The van der Waals surface area contributed by atoms with Crippen LogP contribution in [0.5, 0.6) is 0 Å². The fraction of sp³-hybridized carbons (Fsp3) is 0.250. The number of hydrogen-bond donors (Lipinski definition) is 2. The van der Waals surface area contributed by atoms with Crippen molar-refractivity contribution < 1.29 is 33.3 Å². The SMILES string of the molecule is C.CCOC(=O)Cl.O=C(O)c1cncc(F)c1.OCc1cncc(F)c1. The number of carboxylic acids is 1. The molecule has 2 N–H and O–H groups in total. The lowest BCUT2D eigenvalue weighted by molar-refractivity contribution is 0.0695. The van der Waals surface area contributed by atoms with Crippen molar-refractivity contribution in [2.75, 3.05) is 6.61 Å². The Balaban J connectivity index is 0. The van der Waals surface area contributed by atoms with E-state index in [9.17, 15) is 18.4 Å². The van der Waals surface area contributed by atoms with E-state index in [1.807, 2.05) is 0 Å². The maximum Gasteiger partial charge on any atom is 0.403 e. The predicted octanol–water partition coefficient (Wildman–Crippen LogP) is 3.65. The molecule has 0 amide bonds. The lowest BCUT2D eigenvalue weighted by Gasteiger charge is -1.91. The number of pyridine rings is 2. The minimum atomic E-state index is -1.17. The Kier molecular flexibility index (Phi) is 14.4. The largest absolute Gasteiger partial charge is 0.478 e. The Hall–Kier alpha value is -2.65. The number of aliphatic hydroxyl groups is 1. The van der Waals surface area contributed by atoms with Gasteiger partial charge < -0.3 is 14.9 Å². The molecule has 0 radical (unpaired) electrons. The summed E-state index contributed by atoms with van der Waals surface area (Å²) in [6, 6.07) is 2.16. The van der Waals surface area contributed by atoms with Gasteiger partial charge in [-0.1, -0.05) is 7.43 Å². The molecule has 0 saturated carbocycles. The first-order valence-electron chi connectivity index (χ1n) is 6.66. The van der Waals surface area contributed by atoms with E-state index < -0.39 is 23.0 Å². The molecule has 0 aromatic carbocycles. The highest BCUT2D eigenvalue weighted by molar-refractivity contribution is 6.61. The van der Waals surface area contributed by atoms with Gasteiger partial charge in [0.15, 0.2) is 0 Å². The van der Waals surface area contributed by atoms with Crippen LogP contribution in [0.25, 0.3) is 0 Å². The number of aromatic carboxylic acids is 1. The zero-order valence-corrected chi connectivity index (χ0v) is 13.8. The molecule has 0 bridgehead atoms. The van der Waals surface area contributed by atoms with E-state index in [4.69, 9.17) is 21.8 Å². The first kappa shape index (κ1) is 25.6. The van der Waals surface area contributed by atoms with Gasteiger partial charge in [-0.25, -0.2) is 18.4 Å². The topological polar surface area (TPSA) is 110 Å². The molecule has 0 spiro atoms. The van der Waals surface area contributed by atoms with Gasteiger partial charge in [0, 0.05) is 24.0 Å². The summed E-state index contributed by atoms with van der Waals surface area (Å²) in [6.07, 6.45) is 4.56. The van der Waals surface area contributed by atoms with Crippen molar-refractivity contribution in [3.05, 3.63) is 59.7 Å². The Morgan fingerprint density at radius 2 is 1.65 bits per heavy atom. The Morgan fingerprint density at radius 3 is 1.92 bits per heavy atom. The fourth-order valence-corrected chi connectivity index (χ4v) is 1.29. The summed E-state index contributed by atoms with van der Waals surface area (Å²) in [5, 5.41) is 16.8. The van der Waals surface area contributed by atoms with E-state index in [2.05, 4.69) is 14.7 Å². The van der Waals surface area contributed by atoms with Crippen LogP contribution in [-0.2, 0) is 11.3 Å². The molecule has 0 fully saturated rings. The number of halogens is 3. The Bertz CT molecular complexity index is 689. The minimum absolute atomic E-state index is 0. The van der Waals surface area contributed by atoms with Crippen LogP contribution in [0, 0.1) is 11.6 Å². The summed E-state index contributed by atoms with van der Waals surface area (Å²) in [6.45, 7) is 1.88. The van der Waals surface area contributed by atoms with Crippen LogP contribution in [0.15, 0.2) is 36.9 Å². The second-order valence-electron chi connectivity index (χ2n) is 4.04. The van der Waals surface area contributed by atoms with Crippen LogP contribution in [0.2, 0.25) is 0 Å². The monoisotopic (exact) mass is 392 g/mol. The van der Waals surface area contributed by atoms with Crippen molar-refractivity contribution in [1.82, 2.24) is 9.97 Å². The third-order valence-corrected chi connectivity index (χ3v) is 2.26. The molecule has 0 atom stereocenters.